The molecule has 0 saturated heterocycles. The van der Waals surface area contributed by atoms with Crippen molar-refractivity contribution in [3.8, 4) is 0 Å². The van der Waals surface area contributed by atoms with Crippen LogP contribution in [0.5, 0.6) is 0 Å². The smallest absolute Gasteiger partial charge is 0.224 e. The molecule has 0 aliphatic carbocycles. The van der Waals surface area contributed by atoms with Crippen LogP contribution in [0.1, 0.15) is 16.7 Å². The van der Waals surface area contributed by atoms with E-state index in [2.05, 4.69) is 0 Å². The van der Waals surface area contributed by atoms with Gasteiger partial charge < -0.3 is 0 Å². The highest BCUT2D eigenvalue weighted by Gasteiger charge is 2.30. The van der Waals surface area contributed by atoms with Gasteiger partial charge >= 0.3 is 6.18 Å². The minimum Gasteiger partial charge on any atom is -0.224 e. The van der Waals surface area contributed by atoms with E-state index in [-0.39, 0.29) is 11.3 Å². The minimum atomic E-state index is -4.47. The zero-order chi connectivity index (χ0) is 17.1. The van der Waals surface area contributed by atoms with E-state index in [4.69, 9.17) is 11.6 Å². The van der Waals surface area contributed by atoms with Crippen LogP contribution in [0.4, 0.5) is 13.2 Å². The van der Waals surface area contributed by atoms with E-state index in [1.54, 1.807) is 24.3 Å². The summed E-state index contributed by atoms with van der Waals surface area (Å²) in [6.07, 6.45) is -3.31. The van der Waals surface area contributed by atoms with Gasteiger partial charge in [0.1, 0.15) is 0 Å². The van der Waals surface area contributed by atoms with Gasteiger partial charge in [0.05, 0.1) is 11.3 Å². The summed E-state index contributed by atoms with van der Waals surface area (Å²) in [4.78, 5) is 0. The molecule has 0 aliphatic heterocycles. The lowest BCUT2D eigenvalue weighted by atomic mass is 10.1. The van der Waals surface area contributed by atoms with Gasteiger partial charge in [0, 0.05) is 10.4 Å². The molecule has 0 heterocycles. The molecule has 2 aromatic carbocycles. The zero-order valence-corrected chi connectivity index (χ0v) is 13.3. The first-order chi connectivity index (χ1) is 10.7. The van der Waals surface area contributed by atoms with Gasteiger partial charge in [-0.15, -0.1) is 0 Å². The number of benzene rings is 2. The first-order valence-corrected chi connectivity index (χ1v) is 8.58. The molecule has 7 heteroatoms. The molecule has 0 radical (unpaired) electrons. The standard InChI is InChI=1S/C16H12ClF3O2S/c17-15-6-4-13(5-7-15)11-23(21,22)9-8-12-2-1-3-14(10-12)16(18,19)20/h1-10H,11H2. The second kappa shape index (κ2) is 6.76. The summed E-state index contributed by atoms with van der Waals surface area (Å²) < 4.78 is 61.8. The third-order valence-corrected chi connectivity index (χ3v) is 4.50. The van der Waals surface area contributed by atoms with Crippen molar-refractivity contribution < 1.29 is 21.6 Å². The predicted molar refractivity (Wildman–Crippen MR) is 84.6 cm³/mol. The molecule has 0 atom stereocenters. The number of hydrogen-bond donors (Lipinski definition) is 0. The highest BCUT2D eigenvalue weighted by molar-refractivity contribution is 7.93. The monoisotopic (exact) mass is 360 g/mol. The second-order valence-corrected chi connectivity index (χ2v) is 7.18. The number of sulfone groups is 1. The van der Waals surface area contributed by atoms with Gasteiger partial charge in [-0.05, 0) is 41.5 Å². The molecular weight excluding hydrogens is 349 g/mol. The van der Waals surface area contributed by atoms with Crippen LogP contribution in [-0.2, 0) is 21.8 Å². The Labute approximate surface area is 137 Å². The molecule has 0 spiro atoms. The summed E-state index contributed by atoms with van der Waals surface area (Å²) in [5, 5.41) is 1.41. The van der Waals surface area contributed by atoms with Gasteiger partial charge in [-0.3, -0.25) is 0 Å². The van der Waals surface area contributed by atoms with E-state index in [0.717, 1.165) is 23.6 Å². The molecule has 0 unspecified atom stereocenters. The first-order valence-electron chi connectivity index (χ1n) is 6.48. The molecular formula is C16H12ClF3O2S. The maximum Gasteiger partial charge on any atom is 0.416 e. The SMILES string of the molecule is O=S(=O)(C=Cc1cccc(C(F)(F)F)c1)Cc1ccc(Cl)cc1. The van der Waals surface area contributed by atoms with Crippen molar-refractivity contribution in [2.75, 3.05) is 0 Å². The molecule has 23 heavy (non-hydrogen) atoms. The molecule has 0 aliphatic rings. The first kappa shape index (κ1) is 17.6. The van der Waals surface area contributed by atoms with E-state index in [1.807, 2.05) is 0 Å². The summed E-state index contributed by atoms with van der Waals surface area (Å²) >= 11 is 5.72. The molecule has 0 N–H and O–H groups in total. The van der Waals surface area contributed by atoms with E-state index >= 15 is 0 Å². The normalized spacial score (nSPS) is 12.7. The van der Waals surface area contributed by atoms with Crippen LogP contribution in [0.3, 0.4) is 0 Å². The molecule has 2 nitrogen and oxygen atoms in total. The Bertz CT molecular complexity index is 810. The summed E-state index contributed by atoms with van der Waals surface area (Å²) in [5.41, 5.74) is -0.114. The highest BCUT2D eigenvalue weighted by Crippen LogP contribution is 2.29. The molecule has 0 aromatic heterocycles. The molecule has 0 fully saturated rings. The molecule has 2 aromatic rings. The Kier molecular flexibility index (Phi) is 5.16. The highest BCUT2D eigenvalue weighted by atomic mass is 35.5. The fraction of sp³-hybridized carbons (Fsp3) is 0.125. The molecule has 0 bridgehead atoms. The predicted octanol–water partition coefficient (Wildman–Crippen LogP) is 4.94. The van der Waals surface area contributed by atoms with Gasteiger partial charge in [0.25, 0.3) is 0 Å². The van der Waals surface area contributed by atoms with Crippen LogP contribution in [0, 0.1) is 0 Å². The van der Waals surface area contributed by atoms with E-state index in [1.165, 1.54) is 12.1 Å². The van der Waals surface area contributed by atoms with Gasteiger partial charge in [-0.2, -0.15) is 13.2 Å². The average molecular weight is 361 g/mol. The lowest BCUT2D eigenvalue weighted by Crippen LogP contribution is -2.04. The Balaban J connectivity index is 2.17. The van der Waals surface area contributed by atoms with Crippen molar-refractivity contribution >= 4 is 27.5 Å². The van der Waals surface area contributed by atoms with Gasteiger partial charge in [0.2, 0.25) is 0 Å². The largest absolute Gasteiger partial charge is 0.416 e. The summed E-state index contributed by atoms with van der Waals surface area (Å²) in [5.74, 6) is -0.250. The van der Waals surface area contributed by atoms with Gasteiger partial charge in [-0.25, -0.2) is 8.42 Å². The van der Waals surface area contributed by atoms with Crippen LogP contribution in [0.25, 0.3) is 6.08 Å². The Hall–Kier alpha value is -1.79. The van der Waals surface area contributed by atoms with Gasteiger partial charge in [-0.1, -0.05) is 35.9 Å². The quantitative estimate of drug-likeness (QED) is 0.773. The topological polar surface area (TPSA) is 34.1 Å². The van der Waals surface area contributed by atoms with Crippen molar-refractivity contribution in [3.63, 3.8) is 0 Å². The van der Waals surface area contributed by atoms with Crippen molar-refractivity contribution in [3.05, 3.63) is 75.7 Å². The number of alkyl halides is 3. The van der Waals surface area contributed by atoms with E-state index in [9.17, 15) is 21.6 Å². The fourth-order valence-electron chi connectivity index (χ4n) is 1.86. The third-order valence-electron chi connectivity index (χ3n) is 2.96. The van der Waals surface area contributed by atoms with Crippen LogP contribution < -0.4 is 0 Å². The number of hydrogen-bond acceptors (Lipinski definition) is 2. The fourth-order valence-corrected chi connectivity index (χ4v) is 3.11. The zero-order valence-electron chi connectivity index (χ0n) is 11.7. The third kappa shape index (κ3) is 5.41. The Morgan fingerprint density at radius 2 is 1.70 bits per heavy atom. The van der Waals surface area contributed by atoms with Crippen molar-refractivity contribution in [1.82, 2.24) is 0 Å². The molecule has 0 amide bonds. The molecule has 0 saturated carbocycles. The average Bonchev–Trinajstić information content (AvgIpc) is 2.47. The summed E-state index contributed by atoms with van der Waals surface area (Å²) in [6.45, 7) is 0. The number of rotatable bonds is 4. The van der Waals surface area contributed by atoms with Crippen LogP contribution in [0.15, 0.2) is 53.9 Å². The maximum absolute atomic E-state index is 12.6. The van der Waals surface area contributed by atoms with E-state index in [0.29, 0.717) is 10.6 Å². The lowest BCUT2D eigenvalue weighted by molar-refractivity contribution is -0.137. The van der Waals surface area contributed by atoms with E-state index < -0.39 is 21.6 Å². The summed E-state index contributed by atoms with van der Waals surface area (Å²) in [6, 6.07) is 10.8. The number of halogens is 4. The minimum absolute atomic E-state index is 0.166. The van der Waals surface area contributed by atoms with Crippen molar-refractivity contribution in [1.29, 1.82) is 0 Å². The van der Waals surface area contributed by atoms with Crippen LogP contribution in [0.2, 0.25) is 5.02 Å². The van der Waals surface area contributed by atoms with Crippen molar-refractivity contribution in [2.45, 2.75) is 11.9 Å². The maximum atomic E-state index is 12.6. The van der Waals surface area contributed by atoms with Crippen LogP contribution in [-0.4, -0.2) is 8.42 Å². The second-order valence-electron chi connectivity index (χ2n) is 4.86. The molecule has 2 rings (SSSR count). The van der Waals surface area contributed by atoms with Crippen molar-refractivity contribution in [2.24, 2.45) is 0 Å². The summed E-state index contributed by atoms with van der Waals surface area (Å²) in [7, 11) is -3.60. The Morgan fingerprint density at radius 3 is 2.30 bits per heavy atom. The van der Waals surface area contributed by atoms with Crippen LogP contribution >= 0.6 is 11.6 Å². The molecule has 122 valence electrons. The van der Waals surface area contributed by atoms with Gasteiger partial charge in [0.15, 0.2) is 9.84 Å². The lowest BCUT2D eigenvalue weighted by Gasteiger charge is -2.06. The Morgan fingerprint density at radius 1 is 1.04 bits per heavy atom.